The quantitative estimate of drug-likeness (QED) is 0.664. The molecular formula is C12H19N5OS. The number of hydrogen-bond acceptors (Lipinski definition) is 5. The highest BCUT2D eigenvalue weighted by molar-refractivity contribution is 7.80. The van der Waals surface area contributed by atoms with Gasteiger partial charge in [0.05, 0.1) is 11.3 Å². The van der Waals surface area contributed by atoms with Gasteiger partial charge in [0.2, 0.25) is 5.91 Å². The van der Waals surface area contributed by atoms with Crippen molar-refractivity contribution in [3.63, 3.8) is 0 Å². The van der Waals surface area contributed by atoms with Crippen LogP contribution in [-0.4, -0.2) is 34.2 Å². The van der Waals surface area contributed by atoms with Gasteiger partial charge in [0.15, 0.2) is 5.82 Å². The first-order chi connectivity index (χ1) is 8.97. The molecule has 4 N–H and O–H groups in total. The molecule has 0 radical (unpaired) electrons. The molecule has 1 aromatic heterocycles. The van der Waals surface area contributed by atoms with Crippen molar-refractivity contribution < 1.29 is 4.79 Å². The Hall–Kier alpha value is -1.76. The van der Waals surface area contributed by atoms with E-state index in [-0.39, 0.29) is 10.9 Å². The van der Waals surface area contributed by atoms with Gasteiger partial charge in [-0.25, -0.2) is 0 Å². The summed E-state index contributed by atoms with van der Waals surface area (Å²) in [5, 5.41) is 13.8. The zero-order valence-electron chi connectivity index (χ0n) is 11.4. The minimum Gasteiger partial charge on any atom is -0.389 e. The summed E-state index contributed by atoms with van der Waals surface area (Å²) in [5.41, 5.74) is 8.10. The molecule has 1 amide bonds. The van der Waals surface area contributed by atoms with Crippen LogP contribution in [0.2, 0.25) is 0 Å². The number of rotatable bonds is 6. The van der Waals surface area contributed by atoms with Crippen LogP contribution >= 0.6 is 12.2 Å². The van der Waals surface area contributed by atoms with Gasteiger partial charge in [-0.1, -0.05) is 12.2 Å². The molecule has 0 saturated heterocycles. The summed E-state index contributed by atoms with van der Waals surface area (Å²) in [5.74, 6) is 0.517. The lowest BCUT2D eigenvalue weighted by molar-refractivity contribution is -0.120. The van der Waals surface area contributed by atoms with Gasteiger partial charge in [0.25, 0.3) is 0 Å². The number of aryl methyl sites for hydroxylation is 1. The maximum Gasteiger partial charge on any atom is 0.221 e. The second-order valence-electron chi connectivity index (χ2n) is 4.13. The monoisotopic (exact) mass is 281 g/mol. The summed E-state index contributed by atoms with van der Waals surface area (Å²) in [6.45, 7) is 6.71. The van der Waals surface area contributed by atoms with Crippen LogP contribution in [0.15, 0.2) is 0 Å². The molecule has 1 aromatic rings. The number of nitrogens with one attached hydrogen (secondary N) is 2. The molecule has 6 nitrogen and oxygen atoms in total. The van der Waals surface area contributed by atoms with Gasteiger partial charge in [-0.2, -0.15) is 5.10 Å². The van der Waals surface area contributed by atoms with Gasteiger partial charge in [-0.15, -0.1) is 5.10 Å². The third-order valence-corrected chi connectivity index (χ3v) is 2.92. The smallest absolute Gasteiger partial charge is 0.221 e. The fourth-order valence-corrected chi connectivity index (χ4v) is 1.86. The van der Waals surface area contributed by atoms with E-state index < -0.39 is 0 Å². The molecule has 1 rings (SSSR count). The molecule has 0 bridgehead atoms. The minimum atomic E-state index is -0.0105. The Balaban J connectivity index is 2.76. The highest BCUT2D eigenvalue weighted by atomic mass is 32.1. The summed E-state index contributed by atoms with van der Waals surface area (Å²) >= 11 is 5.03. The normalized spacial score (nSPS) is 10.1. The van der Waals surface area contributed by atoms with Crippen molar-refractivity contribution >= 4 is 28.9 Å². The Bertz CT molecular complexity index is 489. The van der Waals surface area contributed by atoms with E-state index in [1.807, 2.05) is 20.8 Å². The molecular weight excluding hydrogens is 262 g/mol. The van der Waals surface area contributed by atoms with Gasteiger partial charge in [0, 0.05) is 19.5 Å². The Morgan fingerprint density at radius 2 is 2.05 bits per heavy atom. The van der Waals surface area contributed by atoms with E-state index in [0.29, 0.717) is 30.9 Å². The molecule has 0 aliphatic carbocycles. The number of carbonyl (C=O) groups excluding carboxylic acids is 1. The van der Waals surface area contributed by atoms with Crippen LogP contribution in [0, 0.1) is 13.8 Å². The highest BCUT2D eigenvalue weighted by Crippen LogP contribution is 2.18. The number of hydrogen-bond donors (Lipinski definition) is 3. The van der Waals surface area contributed by atoms with Gasteiger partial charge in [-0.3, -0.25) is 4.79 Å². The molecule has 104 valence electrons. The molecule has 1 heterocycles. The number of amides is 1. The molecule has 0 aliphatic rings. The van der Waals surface area contributed by atoms with Crippen LogP contribution in [0.4, 0.5) is 5.82 Å². The van der Waals surface area contributed by atoms with Gasteiger partial charge >= 0.3 is 0 Å². The van der Waals surface area contributed by atoms with Gasteiger partial charge in [0.1, 0.15) is 4.99 Å². The topological polar surface area (TPSA) is 92.9 Å². The van der Waals surface area contributed by atoms with Crippen molar-refractivity contribution in [2.75, 3.05) is 18.4 Å². The summed E-state index contributed by atoms with van der Waals surface area (Å²) in [6, 6.07) is 0. The maximum absolute atomic E-state index is 11.3. The standard InChI is InChI=1S/C12H19N5OS/c1-4-14-9(18)5-6-15-12-10(11(13)19)7(2)8(3)16-17-12/h4-6H2,1-3H3,(H2,13,19)(H,14,18)(H,15,17). The molecule has 7 heteroatoms. The molecule has 0 aromatic carbocycles. The maximum atomic E-state index is 11.3. The lowest BCUT2D eigenvalue weighted by Gasteiger charge is -2.12. The van der Waals surface area contributed by atoms with E-state index in [1.54, 1.807) is 0 Å². The lowest BCUT2D eigenvalue weighted by atomic mass is 10.1. The van der Waals surface area contributed by atoms with E-state index in [2.05, 4.69) is 20.8 Å². The van der Waals surface area contributed by atoms with Crippen molar-refractivity contribution in [1.82, 2.24) is 15.5 Å². The Labute approximate surface area is 118 Å². The average Bonchev–Trinajstić information content (AvgIpc) is 2.33. The number of nitrogens with zero attached hydrogens (tertiary/aromatic N) is 2. The van der Waals surface area contributed by atoms with E-state index in [9.17, 15) is 4.79 Å². The fraction of sp³-hybridized carbons (Fsp3) is 0.500. The van der Waals surface area contributed by atoms with Crippen molar-refractivity contribution in [2.24, 2.45) is 5.73 Å². The van der Waals surface area contributed by atoms with Crippen LogP contribution in [0.25, 0.3) is 0 Å². The third kappa shape index (κ3) is 4.13. The van der Waals surface area contributed by atoms with E-state index >= 15 is 0 Å². The molecule has 19 heavy (non-hydrogen) atoms. The number of carbonyl (C=O) groups is 1. The summed E-state index contributed by atoms with van der Waals surface area (Å²) < 4.78 is 0. The SMILES string of the molecule is CCNC(=O)CCNc1nnc(C)c(C)c1C(N)=S. The van der Waals surface area contributed by atoms with Crippen LogP contribution in [0.1, 0.15) is 30.2 Å². The first kappa shape index (κ1) is 15.3. The zero-order valence-corrected chi connectivity index (χ0v) is 12.2. The first-order valence-corrected chi connectivity index (χ1v) is 6.52. The van der Waals surface area contributed by atoms with E-state index in [4.69, 9.17) is 18.0 Å². The predicted octanol–water partition coefficient (Wildman–Crippen LogP) is 0.666. The fourth-order valence-electron chi connectivity index (χ4n) is 1.61. The van der Waals surface area contributed by atoms with Crippen LogP contribution in [0.5, 0.6) is 0 Å². The summed E-state index contributed by atoms with van der Waals surface area (Å²) in [4.78, 5) is 11.6. The Morgan fingerprint density at radius 1 is 1.37 bits per heavy atom. The molecule has 0 unspecified atom stereocenters. The van der Waals surface area contributed by atoms with Crippen molar-refractivity contribution in [3.05, 3.63) is 16.8 Å². The number of aromatic nitrogens is 2. The van der Waals surface area contributed by atoms with E-state index in [1.165, 1.54) is 0 Å². The summed E-state index contributed by atoms with van der Waals surface area (Å²) in [7, 11) is 0. The average molecular weight is 281 g/mol. The number of thiocarbonyl (C=S) groups is 1. The second kappa shape index (κ2) is 6.98. The molecule has 0 atom stereocenters. The highest BCUT2D eigenvalue weighted by Gasteiger charge is 2.13. The van der Waals surface area contributed by atoms with Crippen LogP contribution in [0.3, 0.4) is 0 Å². The lowest BCUT2D eigenvalue weighted by Crippen LogP contribution is -2.25. The van der Waals surface area contributed by atoms with Crippen molar-refractivity contribution in [1.29, 1.82) is 0 Å². The second-order valence-corrected chi connectivity index (χ2v) is 4.57. The predicted molar refractivity (Wildman–Crippen MR) is 79.2 cm³/mol. The van der Waals surface area contributed by atoms with Gasteiger partial charge in [-0.05, 0) is 26.3 Å². The molecule has 0 saturated carbocycles. The Kier molecular flexibility index (Phi) is 5.62. The Morgan fingerprint density at radius 3 is 2.63 bits per heavy atom. The molecule has 0 aliphatic heterocycles. The molecule has 0 spiro atoms. The minimum absolute atomic E-state index is 0.0105. The summed E-state index contributed by atoms with van der Waals surface area (Å²) in [6.07, 6.45) is 0.360. The van der Waals surface area contributed by atoms with Crippen LogP contribution < -0.4 is 16.4 Å². The number of nitrogens with two attached hydrogens (primary N) is 1. The first-order valence-electron chi connectivity index (χ1n) is 6.11. The van der Waals surface area contributed by atoms with Crippen molar-refractivity contribution in [2.45, 2.75) is 27.2 Å². The third-order valence-electron chi connectivity index (χ3n) is 2.72. The van der Waals surface area contributed by atoms with Crippen LogP contribution in [-0.2, 0) is 4.79 Å². The van der Waals surface area contributed by atoms with E-state index in [0.717, 1.165) is 11.3 Å². The number of anilines is 1. The van der Waals surface area contributed by atoms with Crippen molar-refractivity contribution in [3.8, 4) is 0 Å². The zero-order chi connectivity index (χ0) is 14.4. The van der Waals surface area contributed by atoms with Gasteiger partial charge < -0.3 is 16.4 Å². The molecule has 0 fully saturated rings. The largest absolute Gasteiger partial charge is 0.389 e.